The van der Waals surface area contributed by atoms with E-state index >= 15 is 0 Å². The molecule has 2 heteroatoms. The fourth-order valence-corrected chi connectivity index (χ4v) is 1.00. The summed E-state index contributed by atoms with van der Waals surface area (Å²) in [5, 5.41) is 16.3. The van der Waals surface area contributed by atoms with Crippen LogP contribution in [-0.2, 0) is 0 Å². The molecular weight excluding hydrogens is 148 g/mol. The van der Waals surface area contributed by atoms with Gasteiger partial charge in [-0.15, -0.1) is 0 Å². The Labute approximate surface area is 73.8 Å². The van der Waals surface area contributed by atoms with E-state index in [1.165, 1.54) is 0 Å². The predicted molar refractivity (Wildman–Crippen MR) is 45.8 cm³/mol. The number of rotatable bonds is 0. The van der Waals surface area contributed by atoms with E-state index in [4.69, 9.17) is 10.5 Å². The molecule has 0 aromatic heterocycles. The molecule has 2 fully saturated rings. The Morgan fingerprint density at radius 2 is 1.17 bits per heavy atom. The van der Waals surface area contributed by atoms with E-state index in [1.54, 1.807) is 0 Å². The van der Waals surface area contributed by atoms with Gasteiger partial charge in [-0.05, 0) is 24.7 Å². The molecule has 12 heavy (non-hydrogen) atoms. The van der Waals surface area contributed by atoms with Gasteiger partial charge in [0.05, 0.1) is 12.1 Å². The van der Waals surface area contributed by atoms with Gasteiger partial charge in [-0.2, -0.15) is 10.5 Å². The lowest BCUT2D eigenvalue weighted by Crippen LogP contribution is -1.63. The van der Waals surface area contributed by atoms with Crippen LogP contribution in [0.4, 0.5) is 0 Å². The van der Waals surface area contributed by atoms with Crippen LogP contribution >= 0.6 is 0 Å². The van der Waals surface area contributed by atoms with Crippen molar-refractivity contribution in [2.75, 3.05) is 0 Å². The third kappa shape index (κ3) is 2.55. The van der Waals surface area contributed by atoms with E-state index in [1.807, 2.05) is 0 Å². The van der Waals surface area contributed by atoms with Gasteiger partial charge < -0.3 is 0 Å². The molecule has 2 aliphatic rings. The highest BCUT2D eigenvalue weighted by Gasteiger charge is 2.32. The van der Waals surface area contributed by atoms with Gasteiger partial charge in [0.15, 0.2) is 0 Å². The highest BCUT2D eigenvalue weighted by atomic mass is 14.4. The van der Waals surface area contributed by atoms with E-state index in [-0.39, 0.29) is 0 Å². The van der Waals surface area contributed by atoms with Crippen LogP contribution < -0.4 is 0 Å². The Kier molecular flexibility index (Phi) is 2.71. The van der Waals surface area contributed by atoms with Crippen LogP contribution in [0.5, 0.6) is 0 Å². The first-order valence-corrected chi connectivity index (χ1v) is 4.48. The van der Waals surface area contributed by atoms with Gasteiger partial charge in [0.25, 0.3) is 0 Å². The first-order valence-electron chi connectivity index (χ1n) is 4.48. The first kappa shape index (κ1) is 9.07. The van der Waals surface area contributed by atoms with Crippen LogP contribution in [0.2, 0.25) is 0 Å². The van der Waals surface area contributed by atoms with Crippen LogP contribution in [0, 0.1) is 46.3 Å². The standard InChI is InChI=1S/2C5H7N/c2*1-4-2-5(4)3-6/h2*4-5H,2H2,1H3/t2*4-,5+/m10/s1. The number of hydrogen-bond acceptors (Lipinski definition) is 2. The molecule has 0 aromatic rings. The van der Waals surface area contributed by atoms with Crippen molar-refractivity contribution >= 4 is 0 Å². The molecule has 0 N–H and O–H groups in total. The highest BCUT2D eigenvalue weighted by molar-refractivity contribution is 4.99. The molecule has 0 aliphatic heterocycles. The second-order valence-electron chi connectivity index (χ2n) is 3.90. The first-order chi connectivity index (χ1) is 5.69. The Balaban J connectivity index is 0.000000120. The van der Waals surface area contributed by atoms with E-state index < -0.39 is 0 Å². The van der Waals surface area contributed by atoms with Crippen molar-refractivity contribution in [3.63, 3.8) is 0 Å². The molecule has 0 aromatic carbocycles. The maximum absolute atomic E-state index is 8.13. The molecule has 0 spiro atoms. The van der Waals surface area contributed by atoms with E-state index in [2.05, 4.69) is 26.0 Å². The molecule has 2 saturated carbocycles. The average molecular weight is 162 g/mol. The molecule has 0 saturated heterocycles. The summed E-state index contributed by atoms with van der Waals surface area (Å²) in [5.74, 6) is 2.22. The van der Waals surface area contributed by atoms with Crippen LogP contribution in [0.25, 0.3) is 0 Å². The molecule has 4 atom stereocenters. The van der Waals surface area contributed by atoms with Crippen LogP contribution in [0.3, 0.4) is 0 Å². The van der Waals surface area contributed by atoms with Crippen LogP contribution in [0.1, 0.15) is 26.7 Å². The molecule has 2 nitrogen and oxygen atoms in total. The normalized spacial score (nSPS) is 41.3. The van der Waals surface area contributed by atoms with Gasteiger partial charge in [-0.3, -0.25) is 0 Å². The number of nitrogens with zero attached hydrogens (tertiary/aromatic N) is 2. The number of hydrogen-bond donors (Lipinski definition) is 0. The van der Waals surface area contributed by atoms with Gasteiger partial charge in [-0.1, -0.05) is 13.8 Å². The summed E-state index contributed by atoms with van der Waals surface area (Å²) in [6.07, 6.45) is 2.27. The van der Waals surface area contributed by atoms with Crippen LogP contribution in [0.15, 0.2) is 0 Å². The van der Waals surface area contributed by atoms with Crippen molar-refractivity contribution in [3.05, 3.63) is 0 Å². The van der Waals surface area contributed by atoms with Crippen molar-refractivity contribution < 1.29 is 0 Å². The van der Waals surface area contributed by atoms with Gasteiger partial charge >= 0.3 is 0 Å². The lowest BCUT2D eigenvalue weighted by atomic mass is 10.4. The molecule has 64 valence electrons. The second-order valence-corrected chi connectivity index (χ2v) is 3.90. The Morgan fingerprint density at radius 1 is 0.917 bits per heavy atom. The average Bonchev–Trinajstić information content (AvgIpc) is 2.92. The van der Waals surface area contributed by atoms with E-state index in [0.29, 0.717) is 23.7 Å². The Morgan fingerprint density at radius 3 is 1.17 bits per heavy atom. The SMILES string of the molecule is C[C@@H]1C[C@H]1C#N.C[C@H]1C[C@@H]1C#N. The molecule has 0 radical (unpaired) electrons. The third-order valence-corrected chi connectivity index (χ3v) is 2.55. The van der Waals surface area contributed by atoms with Gasteiger partial charge in [-0.25, -0.2) is 0 Å². The third-order valence-electron chi connectivity index (χ3n) is 2.55. The van der Waals surface area contributed by atoms with E-state index in [9.17, 15) is 0 Å². The number of nitriles is 2. The molecule has 0 unspecified atom stereocenters. The summed E-state index contributed by atoms with van der Waals surface area (Å²) in [7, 11) is 0. The van der Waals surface area contributed by atoms with Gasteiger partial charge in [0.1, 0.15) is 0 Å². The maximum Gasteiger partial charge on any atom is 0.0658 e. The molecule has 0 bridgehead atoms. The maximum atomic E-state index is 8.13. The minimum absolute atomic E-state index is 0.407. The van der Waals surface area contributed by atoms with Crippen LogP contribution in [-0.4, -0.2) is 0 Å². The van der Waals surface area contributed by atoms with Crippen molar-refractivity contribution in [1.29, 1.82) is 10.5 Å². The lowest BCUT2D eigenvalue weighted by Gasteiger charge is -1.64. The summed E-state index contributed by atoms with van der Waals surface area (Å²) in [6, 6.07) is 4.38. The summed E-state index contributed by atoms with van der Waals surface area (Å²) in [4.78, 5) is 0. The zero-order valence-corrected chi connectivity index (χ0v) is 7.62. The Bertz CT molecular complexity index is 207. The molecule has 0 heterocycles. The minimum atomic E-state index is 0.407. The molecular formula is C10H14N2. The molecule has 0 amide bonds. The van der Waals surface area contributed by atoms with Crippen molar-refractivity contribution in [2.24, 2.45) is 23.7 Å². The minimum Gasteiger partial charge on any atom is -0.198 e. The largest absolute Gasteiger partial charge is 0.198 e. The predicted octanol–water partition coefficient (Wildman–Crippen LogP) is 2.33. The summed E-state index contributed by atoms with van der Waals surface area (Å²) >= 11 is 0. The topological polar surface area (TPSA) is 47.6 Å². The van der Waals surface area contributed by atoms with E-state index in [0.717, 1.165) is 12.8 Å². The molecule has 2 aliphatic carbocycles. The monoisotopic (exact) mass is 162 g/mol. The van der Waals surface area contributed by atoms with Gasteiger partial charge in [0, 0.05) is 11.8 Å². The Hall–Kier alpha value is -1.02. The quantitative estimate of drug-likeness (QED) is 0.548. The smallest absolute Gasteiger partial charge is 0.0658 e. The summed E-state index contributed by atoms with van der Waals surface area (Å²) in [6.45, 7) is 4.21. The fraction of sp³-hybridized carbons (Fsp3) is 0.800. The zero-order chi connectivity index (χ0) is 9.14. The summed E-state index contributed by atoms with van der Waals surface area (Å²) in [5.41, 5.74) is 0. The summed E-state index contributed by atoms with van der Waals surface area (Å²) < 4.78 is 0. The van der Waals surface area contributed by atoms with Crippen molar-refractivity contribution in [3.8, 4) is 12.1 Å². The van der Waals surface area contributed by atoms with Crippen molar-refractivity contribution in [1.82, 2.24) is 0 Å². The zero-order valence-electron chi connectivity index (χ0n) is 7.62. The van der Waals surface area contributed by atoms with Gasteiger partial charge in [0.2, 0.25) is 0 Å². The second kappa shape index (κ2) is 3.59. The lowest BCUT2D eigenvalue weighted by molar-refractivity contribution is 0.908. The highest BCUT2D eigenvalue weighted by Crippen LogP contribution is 2.36. The molecule has 2 rings (SSSR count). The fourth-order valence-electron chi connectivity index (χ4n) is 1.00. The van der Waals surface area contributed by atoms with Crippen molar-refractivity contribution in [2.45, 2.75) is 26.7 Å².